The summed E-state index contributed by atoms with van der Waals surface area (Å²) in [7, 11) is 4.47. The second-order valence-electron chi connectivity index (χ2n) is 6.65. The topological polar surface area (TPSA) is 90.0 Å². The Morgan fingerprint density at radius 3 is 2.21 bits per heavy atom. The normalized spacial score (nSPS) is 13.7. The lowest BCUT2D eigenvalue weighted by atomic mass is 10.1. The van der Waals surface area contributed by atoms with E-state index in [1.807, 2.05) is 4.90 Å². The highest BCUT2D eigenvalue weighted by Crippen LogP contribution is 2.38. The van der Waals surface area contributed by atoms with E-state index in [0.29, 0.717) is 38.5 Å². The highest BCUT2D eigenvalue weighted by Gasteiger charge is 2.24. The Morgan fingerprint density at radius 1 is 1.03 bits per heavy atom. The number of methoxy groups -OCH3 is 3. The van der Waals surface area contributed by atoms with E-state index in [4.69, 9.17) is 14.2 Å². The van der Waals surface area contributed by atoms with Crippen LogP contribution < -0.4 is 19.5 Å². The maximum absolute atomic E-state index is 12.8. The fraction of sp³-hybridized carbons (Fsp3) is 0.450. The van der Waals surface area contributed by atoms with Gasteiger partial charge in [-0.2, -0.15) is 0 Å². The molecule has 2 aromatic rings. The van der Waals surface area contributed by atoms with Crippen molar-refractivity contribution in [3.63, 3.8) is 0 Å². The number of benzene rings is 1. The number of hydrogen-bond acceptors (Lipinski definition) is 7. The molecule has 9 heteroatoms. The van der Waals surface area contributed by atoms with Gasteiger partial charge in [0.1, 0.15) is 4.88 Å². The molecule has 156 valence electrons. The predicted octanol–water partition coefficient (Wildman–Crippen LogP) is 3.36. The number of piperidine rings is 1. The van der Waals surface area contributed by atoms with E-state index in [-0.39, 0.29) is 11.8 Å². The molecule has 8 nitrogen and oxygen atoms in total. The number of carbonyl (C=O) groups is 2. The SMILES string of the molecule is COc1cc(C(=O)Nc2nc(C)c(C(=O)N3CCCCC3)s2)cc(OC)c1OC. The van der Waals surface area contributed by atoms with Gasteiger partial charge in [0, 0.05) is 18.7 Å². The number of likely N-dealkylation sites (tertiary alicyclic amines) is 1. The van der Waals surface area contributed by atoms with Crippen LogP contribution in [0.15, 0.2) is 12.1 Å². The van der Waals surface area contributed by atoms with Crippen LogP contribution in [0.3, 0.4) is 0 Å². The number of anilines is 1. The first-order chi connectivity index (χ1) is 14.0. The number of hydrogen-bond donors (Lipinski definition) is 1. The molecule has 0 saturated carbocycles. The second-order valence-corrected chi connectivity index (χ2v) is 7.65. The Bertz CT molecular complexity index is 881. The van der Waals surface area contributed by atoms with Crippen molar-refractivity contribution in [3.05, 3.63) is 28.3 Å². The van der Waals surface area contributed by atoms with Crippen LogP contribution in [0.5, 0.6) is 17.2 Å². The van der Waals surface area contributed by atoms with Crippen LogP contribution in [0.2, 0.25) is 0 Å². The summed E-state index contributed by atoms with van der Waals surface area (Å²) < 4.78 is 15.9. The Kier molecular flexibility index (Phi) is 6.58. The molecule has 0 bridgehead atoms. The molecule has 1 aromatic carbocycles. The van der Waals surface area contributed by atoms with Crippen LogP contribution in [0.4, 0.5) is 5.13 Å². The van der Waals surface area contributed by atoms with E-state index in [0.717, 1.165) is 32.4 Å². The van der Waals surface area contributed by atoms with Crippen LogP contribution in [-0.2, 0) is 0 Å². The zero-order chi connectivity index (χ0) is 21.0. The number of amides is 2. The third-order valence-electron chi connectivity index (χ3n) is 4.78. The van der Waals surface area contributed by atoms with Crippen LogP contribution in [-0.4, -0.2) is 56.1 Å². The third kappa shape index (κ3) is 4.45. The maximum atomic E-state index is 12.8. The van der Waals surface area contributed by atoms with Gasteiger partial charge in [-0.3, -0.25) is 14.9 Å². The molecule has 1 aliphatic rings. The van der Waals surface area contributed by atoms with Gasteiger partial charge in [0.25, 0.3) is 11.8 Å². The average Bonchev–Trinajstić information content (AvgIpc) is 3.12. The zero-order valence-electron chi connectivity index (χ0n) is 17.0. The van der Waals surface area contributed by atoms with Crippen LogP contribution in [0, 0.1) is 6.92 Å². The predicted molar refractivity (Wildman–Crippen MR) is 111 cm³/mol. The highest BCUT2D eigenvalue weighted by atomic mass is 32.1. The molecule has 0 radical (unpaired) electrons. The molecule has 1 fully saturated rings. The molecule has 0 spiro atoms. The number of nitrogens with zero attached hydrogens (tertiary/aromatic N) is 2. The Hall–Kier alpha value is -2.81. The Balaban J connectivity index is 1.80. The van der Waals surface area contributed by atoms with E-state index in [9.17, 15) is 9.59 Å². The minimum absolute atomic E-state index is 0.0204. The minimum atomic E-state index is -0.380. The van der Waals surface area contributed by atoms with Crippen LogP contribution in [0.25, 0.3) is 0 Å². The summed E-state index contributed by atoms with van der Waals surface area (Å²) in [6, 6.07) is 3.13. The lowest BCUT2D eigenvalue weighted by Crippen LogP contribution is -2.35. The first kappa shape index (κ1) is 20.9. The summed E-state index contributed by atoms with van der Waals surface area (Å²) in [5.41, 5.74) is 0.946. The van der Waals surface area contributed by atoms with E-state index in [1.54, 1.807) is 19.1 Å². The molecular weight excluding hydrogens is 394 g/mol. The Labute approximate surface area is 173 Å². The number of aryl methyl sites for hydroxylation is 1. The molecule has 2 amide bonds. The fourth-order valence-corrected chi connectivity index (χ4v) is 4.20. The van der Waals surface area contributed by atoms with E-state index in [1.165, 1.54) is 32.7 Å². The zero-order valence-corrected chi connectivity index (χ0v) is 17.9. The highest BCUT2D eigenvalue weighted by molar-refractivity contribution is 7.17. The van der Waals surface area contributed by atoms with Gasteiger partial charge in [-0.25, -0.2) is 4.98 Å². The van der Waals surface area contributed by atoms with Crippen molar-refractivity contribution in [1.29, 1.82) is 0 Å². The summed E-state index contributed by atoms with van der Waals surface area (Å²) in [6.45, 7) is 3.31. The van der Waals surface area contributed by atoms with Gasteiger partial charge in [0.15, 0.2) is 16.6 Å². The van der Waals surface area contributed by atoms with Crippen molar-refractivity contribution in [1.82, 2.24) is 9.88 Å². The van der Waals surface area contributed by atoms with Gasteiger partial charge in [0.05, 0.1) is 27.0 Å². The molecule has 2 heterocycles. The van der Waals surface area contributed by atoms with Gasteiger partial charge in [0.2, 0.25) is 5.75 Å². The van der Waals surface area contributed by atoms with Gasteiger partial charge in [-0.1, -0.05) is 11.3 Å². The first-order valence-electron chi connectivity index (χ1n) is 9.36. The number of thiazole rings is 1. The van der Waals surface area contributed by atoms with Gasteiger partial charge in [-0.15, -0.1) is 0 Å². The lowest BCUT2D eigenvalue weighted by molar-refractivity contribution is 0.0728. The summed E-state index contributed by atoms with van der Waals surface area (Å²) in [5.74, 6) is 0.774. The minimum Gasteiger partial charge on any atom is -0.493 e. The van der Waals surface area contributed by atoms with Gasteiger partial charge < -0.3 is 19.1 Å². The fourth-order valence-electron chi connectivity index (χ4n) is 3.27. The van der Waals surface area contributed by atoms with Crippen molar-refractivity contribution in [2.75, 3.05) is 39.7 Å². The number of nitrogens with one attached hydrogen (secondary N) is 1. The summed E-state index contributed by atoms with van der Waals surface area (Å²) in [5, 5.41) is 3.14. The molecule has 0 atom stereocenters. The van der Waals surface area contributed by atoms with Crippen molar-refractivity contribution < 1.29 is 23.8 Å². The molecule has 1 aliphatic heterocycles. The smallest absolute Gasteiger partial charge is 0.265 e. The van der Waals surface area contributed by atoms with Crippen molar-refractivity contribution in [2.45, 2.75) is 26.2 Å². The van der Waals surface area contributed by atoms with Crippen LogP contribution in [0.1, 0.15) is 45.0 Å². The standard InChI is InChI=1S/C20H25N3O5S/c1-12-17(19(25)23-8-6-5-7-9-23)29-20(21-12)22-18(24)13-10-14(26-2)16(28-4)15(11-13)27-3/h10-11H,5-9H2,1-4H3,(H,21,22,24). The van der Waals surface area contributed by atoms with Crippen molar-refractivity contribution in [2.24, 2.45) is 0 Å². The van der Waals surface area contributed by atoms with E-state index < -0.39 is 0 Å². The lowest BCUT2D eigenvalue weighted by Gasteiger charge is -2.26. The summed E-state index contributed by atoms with van der Waals surface area (Å²) in [6.07, 6.45) is 3.20. The van der Waals surface area contributed by atoms with Crippen molar-refractivity contribution >= 4 is 28.3 Å². The van der Waals surface area contributed by atoms with Gasteiger partial charge in [-0.05, 0) is 38.3 Å². The Morgan fingerprint density at radius 2 is 1.66 bits per heavy atom. The van der Waals surface area contributed by atoms with Crippen LogP contribution >= 0.6 is 11.3 Å². The molecule has 0 aliphatic carbocycles. The maximum Gasteiger partial charge on any atom is 0.265 e. The monoisotopic (exact) mass is 419 g/mol. The summed E-state index contributed by atoms with van der Waals surface area (Å²) in [4.78, 5) is 32.3. The molecule has 0 unspecified atom stereocenters. The number of carbonyl (C=O) groups excluding carboxylic acids is 2. The molecule has 3 rings (SSSR count). The quantitative estimate of drug-likeness (QED) is 0.772. The molecule has 1 aromatic heterocycles. The van der Waals surface area contributed by atoms with E-state index >= 15 is 0 Å². The number of aromatic nitrogens is 1. The molecule has 1 saturated heterocycles. The number of ether oxygens (including phenoxy) is 3. The molecule has 1 N–H and O–H groups in total. The second kappa shape index (κ2) is 9.13. The first-order valence-corrected chi connectivity index (χ1v) is 10.2. The largest absolute Gasteiger partial charge is 0.493 e. The number of rotatable bonds is 6. The summed E-state index contributed by atoms with van der Waals surface area (Å²) >= 11 is 1.19. The van der Waals surface area contributed by atoms with Gasteiger partial charge >= 0.3 is 0 Å². The average molecular weight is 420 g/mol. The molecular formula is C20H25N3O5S. The molecule has 29 heavy (non-hydrogen) atoms. The van der Waals surface area contributed by atoms with E-state index in [2.05, 4.69) is 10.3 Å². The third-order valence-corrected chi connectivity index (χ3v) is 5.84. The van der Waals surface area contributed by atoms with Crippen molar-refractivity contribution in [3.8, 4) is 17.2 Å².